The monoisotopic (exact) mass is 757 g/mol. The summed E-state index contributed by atoms with van der Waals surface area (Å²) in [7, 11) is 1.89. The van der Waals surface area contributed by atoms with Gasteiger partial charge in [-0.05, 0) is 43.6 Å². The average molecular weight is 758 g/mol. The molecule has 2 amide bonds. The van der Waals surface area contributed by atoms with Crippen molar-refractivity contribution in [2.75, 3.05) is 42.7 Å². The van der Waals surface area contributed by atoms with Crippen LogP contribution in [0.15, 0.2) is 52.5 Å². The lowest BCUT2D eigenvalue weighted by molar-refractivity contribution is -0.691. The summed E-state index contributed by atoms with van der Waals surface area (Å²) in [5, 5.41) is 49.2. The summed E-state index contributed by atoms with van der Waals surface area (Å²) >= 11 is 2.26. The lowest BCUT2D eigenvalue weighted by Gasteiger charge is -2.49. The molecular formula is C31H37N10O9S2+. The number of carboxylic acids is 2. The number of benzene rings is 1. The number of thioether (sulfide) groups is 1. The second kappa shape index (κ2) is 15.3. The molecule has 2 atom stereocenters. The minimum atomic E-state index is -1.79. The van der Waals surface area contributed by atoms with E-state index in [4.69, 9.17) is 16.3 Å². The molecule has 0 bridgehead atoms. The number of nitrogens with one attached hydrogen (secondary N) is 2. The summed E-state index contributed by atoms with van der Waals surface area (Å²) in [6, 6.07) is 3.51. The molecule has 19 nitrogen and oxygen atoms in total. The third kappa shape index (κ3) is 8.27. The van der Waals surface area contributed by atoms with Gasteiger partial charge in [0, 0.05) is 36.3 Å². The van der Waals surface area contributed by atoms with Gasteiger partial charge in [0.05, 0.1) is 0 Å². The van der Waals surface area contributed by atoms with Gasteiger partial charge >= 0.3 is 11.9 Å². The number of nitrogens with zero attached hydrogens (tertiary/aromatic N) is 6. The number of phenols is 2. The highest BCUT2D eigenvalue weighted by Crippen LogP contribution is 2.40. The highest BCUT2D eigenvalue weighted by Gasteiger charge is 2.54. The van der Waals surface area contributed by atoms with E-state index in [1.165, 1.54) is 49.4 Å². The van der Waals surface area contributed by atoms with Crippen LogP contribution in [0, 0.1) is 0 Å². The summed E-state index contributed by atoms with van der Waals surface area (Å²) < 4.78 is 1.64. The molecule has 0 radical (unpaired) electrons. The van der Waals surface area contributed by atoms with Gasteiger partial charge < -0.3 is 52.3 Å². The van der Waals surface area contributed by atoms with Crippen LogP contribution in [0.25, 0.3) is 0 Å². The molecule has 2 aliphatic rings. The number of oxime groups is 1. The number of carbonyl (C=O) groups is 4. The van der Waals surface area contributed by atoms with E-state index < -0.39 is 46.5 Å². The van der Waals surface area contributed by atoms with Crippen LogP contribution in [0.4, 0.5) is 16.6 Å². The second-order valence-electron chi connectivity index (χ2n) is 12.4. The summed E-state index contributed by atoms with van der Waals surface area (Å²) in [5.74, 6) is -4.18. The van der Waals surface area contributed by atoms with Crippen molar-refractivity contribution in [1.29, 1.82) is 0 Å². The number of rotatable bonds is 15. The van der Waals surface area contributed by atoms with Crippen LogP contribution >= 0.6 is 23.1 Å². The first-order chi connectivity index (χ1) is 24.5. The molecule has 52 heavy (non-hydrogen) atoms. The number of fused-ring (bicyclic) bond motifs is 1. The molecule has 2 aromatic heterocycles. The van der Waals surface area contributed by atoms with Gasteiger partial charge in [0.1, 0.15) is 41.2 Å². The summed E-state index contributed by atoms with van der Waals surface area (Å²) in [5.41, 5.74) is 11.1. The number of aromatic hydroxyl groups is 2. The maximum atomic E-state index is 13.4. The van der Waals surface area contributed by atoms with Gasteiger partial charge in [0.25, 0.3) is 24.0 Å². The smallest absolute Gasteiger partial charge is 0.352 e. The zero-order valence-corrected chi connectivity index (χ0v) is 29.8. The minimum Gasteiger partial charge on any atom is -0.504 e. The molecule has 5 rings (SSSR count). The Bertz CT molecular complexity index is 1970. The standard InChI is InChI=1S/C31H36N10O9S2/c1-31(2,29(48)49)50-38-21(18-13-52-30(33)36-18)25(44)37-22-26(45)41-23(28(46)47)16(12-51-27(22)41)10-40-11-17(24(32)35-14-40)34-6-7-39(3)9-15-4-5-19(42)20(43)8-15/h4-5,8,11,13-14,22,27,32,34H,6-7,9-10,12H2,1-3H3,(H7,33,36,37,38,42,43,44,46,47,48,49)/p+1/t22-,27?/m1/s1. The third-order valence-electron chi connectivity index (χ3n) is 7.99. The Kier molecular flexibility index (Phi) is 11.1. The van der Waals surface area contributed by atoms with Gasteiger partial charge in [-0.15, -0.1) is 23.1 Å². The van der Waals surface area contributed by atoms with Gasteiger partial charge in [-0.2, -0.15) is 0 Å². The SMILES string of the molecule is CN(CCNc1c[n+](CC2=C(C(=O)O)N3C(=O)[C@@H](NC(=O)/C(=N\OC(C)(C)C(=O)O)c4csc(N)n4)C3SC2)cnc1N)Cc1ccc(O)c(O)c1. The maximum Gasteiger partial charge on any atom is 0.352 e. The van der Waals surface area contributed by atoms with Crippen LogP contribution in [-0.2, 0) is 37.1 Å². The number of amides is 2. The Morgan fingerprint density at radius 3 is 2.62 bits per heavy atom. The third-order valence-corrected chi connectivity index (χ3v) is 10.0. The highest BCUT2D eigenvalue weighted by molar-refractivity contribution is 8.00. The van der Waals surface area contributed by atoms with Crippen molar-refractivity contribution in [2.45, 2.75) is 44.0 Å². The van der Waals surface area contributed by atoms with Crippen molar-refractivity contribution >= 4 is 69.2 Å². The number of aromatic nitrogens is 3. The first kappa shape index (κ1) is 37.6. The highest BCUT2D eigenvalue weighted by atomic mass is 32.2. The number of carboxylic acid groups (broad SMARTS) is 2. The van der Waals surface area contributed by atoms with Gasteiger partial charge in [-0.25, -0.2) is 19.1 Å². The van der Waals surface area contributed by atoms with Gasteiger partial charge in [-0.1, -0.05) is 11.2 Å². The number of phenolic OH excluding ortho intramolecular Hbond substituents is 2. The lowest BCUT2D eigenvalue weighted by Crippen LogP contribution is -2.71. The minimum absolute atomic E-state index is 0.000221. The number of β-lactam (4-membered cyclic amide) rings is 1. The van der Waals surface area contributed by atoms with Crippen molar-refractivity contribution in [3.8, 4) is 11.5 Å². The van der Waals surface area contributed by atoms with E-state index in [2.05, 4.69) is 25.8 Å². The molecule has 4 heterocycles. The molecule has 276 valence electrons. The number of nitrogen functional groups attached to an aromatic ring is 2. The van der Waals surface area contributed by atoms with Crippen LogP contribution in [0.1, 0.15) is 25.1 Å². The number of carbonyl (C=O) groups excluding carboxylic acids is 2. The number of anilines is 3. The van der Waals surface area contributed by atoms with E-state index in [9.17, 15) is 39.6 Å². The first-order valence-electron chi connectivity index (χ1n) is 15.5. The molecular weight excluding hydrogens is 721 g/mol. The fraction of sp³-hybridized carbons (Fsp3) is 0.355. The van der Waals surface area contributed by atoms with Crippen molar-refractivity contribution in [3.05, 3.63) is 58.6 Å². The molecule has 0 aliphatic carbocycles. The van der Waals surface area contributed by atoms with E-state index in [0.717, 1.165) is 21.8 Å². The quantitative estimate of drug-likeness (QED) is 0.0332. The van der Waals surface area contributed by atoms with Gasteiger partial charge in [0.2, 0.25) is 5.60 Å². The largest absolute Gasteiger partial charge is 0.504 e. The predicted molar refractivity (Wildman–Crippen MR) is 189 cm³/mol. The summed E-state index contributed by atoms with van der Waals surface area (Å²) in [6.45, 7) is 4.11. The van der Waals surface area contributed by atoms with Gasteiger partial charge in [-0.3, -0.25) is 14.5 Å². The van der Waals surface area contributed by atoms with Crippen LogP contribution in [0.3, 0.4) is 0 Å². The zero-order chi connectivity index (χ0) is 37.9. The van der Waals surface area contributed by atoms with Crippen molar-refractivity contribution in [2.24, 2.45) is 5.16 Å². The van der Waals surface area contributed by atoms with Crippen LogP contribution in [-0.4, -0.2) is 113 Å². The molecule has 1 unspecified atom stereocenters. The topological polar surface area (TPSA) is 283 Å². The van der Waals surface area contributed by atoms with Gasteiger partial charge in [0.15, 0.2) is 22.3 Å². The normalized spacial score (nSPS) is 17.4. The van der Waals surface area contributed by atoms with E-state index in [0.29, 0.717) is 30.9 Å². The number of nitrogens with two attached hydrogens (primary N) is 2. The number of hydrogen-bond donors (Lipinski definition) is 8. The molecule has 10 N–H and O–H groups in total. The molecule has 21 heteroatoms. The number of likely N-dealkylation sites (N-methyl/N-ethyl adjacent to an activating group) is 1. The number of aliphatic carboxylic acids is 2. The summed E-state index contributed by atoms with van der Waals surface area (Å²) in [6.07, 6.45) is 3.14. The first-order valence-corrected chi connectivity index (χ1v) is 17.5. The fourth-order valence-electron chi connectivity index (χ4n) is 5.17. The summed E-state index contributed by atoms with van der Waals surface area (Å²) in [4.78, 5) is 67.2. The van der Waals surface area contributed by atoms with Crippen molar-refractivity contribution < 1.29 is 49.0 Å². The molecule has 1 aromatic carbocycles. The molecule has 0 spiro atoms. The number of thiazole rings is 1. The van der Waals surface area contributed by atoms with Crippen LogP contribution < -0.4 is 26.7 Å². The van der Waals surface area contributed by atoms with E-state index in [1.807, 2.05) is 11.9 Å². The molecule has 0 saturated carbocycles. The Labute approximate surface area is 304 Å². The molecule has 3 aromatic rings. The molecule has 2 aliphatic heterocycles. The van der Waals surface area contributed by atoms with E-state index >= 15 is 0 Å². The zero-order valence-electron chi connectivity index (χ0n) is 28.1. The Hall–Kier alpha value is -5.67. The Balaban J connectivity index is 1.25. The Morgan fingerprint density at radius 2 is 1.96 bits per heavy atom. The van der Waals surface area contributed by atoms with Crippen molar-refractivity contribution in [3.63, 3.8) is 0 Å². The maximum absolute atomic E-state index is 13.4. The fourth-order valence-corrected chi connectivity index (χ4v) is 7.05. The van der Waals surface area contributed by atoms with E-state index in [-0.39, 0.29) is 46.1 Å². The number of hydrogen-bond acceptors (Lipinski definition) is 16. The average Bonchev–Trinajstić information content (AvgIpc) is 3.51. The molecule has 1 fully saturated rings. The second-order valence-corrected chi connectivity index (χ2v) is 14.4. The van der Waals surface area contributed by atoms with Crippen LogP contribution in [0.2, 0.25) is 0 Å². The lowest BCUT2D eigenvalue weighted by atomic mass is 10.0. The van der Waals surface area contributed by atoms with Crippen molar-refractivity contribution in [1.82, 2.24) is 25.1 Å². The molecule has 1 saturated heterocycles. The predicted octanol–water partition coefficient (Wildman–Crippen LogP) is -0.0322. The van der Waals surface area contributed by atoms with Crippen LogP contribution in [0.5, 0.6) is 11.5 Å². The van der Waals surface area contributed by atoms with E-state index in [1.54, 1.807) is 16.8 Å². The Morgan fingerprint density at radius 1 is 1.21 bits per heavy atom.